The Labute approximate surface area is 483 Å². The van der Waals surface area contributed by atoms with E-state index in [1.54, 1.807) is 13.8 Å². The Hall–Kier alpha value is -7.32. The lowest BCUT2D eigenvalue weighted by Gasteiger charge is -2.32. The van der Waals surface area contributed by atoms with Gasteiger partial charge in [-0.2, -0.15) is 11.8 Å². The highest BCUT2D eigenvalue weighted by atomic mass is 32.2. The Morgan fingerprint density at radius 3 is 2.22 bits per heavy atom. The maximum Gasteiger partial charge on any atom is 0.253 e. The van der Waals surface area contributed by atoms with Crippen LogP contribution in [0.2, 0.25) is 0 Å². The number of nitrogens with zero attached hydrogens (tertiary/aromatic N) is 2. The number of hydrogen-bond donors (Lipinski definition) is 14. The van der Waals surface area contributed by atoms with Gasteiger partial charge in [0.05, 0.1) is 43.8 Å². The average Bonchev–Trinajstić information content (AvgIpc) is 4.24. The van der Waals surface area contributed by atoms with Gasteiger partial charge in [-0.25, -0.2) is 0 Å². The monoisotopic (exact) mass is 1200 g/mol. The lowest BCUT2D eigenvalue weighted by Crippen LogP contribution is -2.62. The summed E-state index contributed by atoms with van der Waals surface area (Å²) >= 11 is -1.23. The first-order valence-electron chi connectivity index (χ1n) is 27.1. The standard InChI is InChI=1S/C52H72N12O17S2/c1-4-25(2)43-49(78)56-19-39(71)57-33-24-83(81)51-29(28-9-10-35(67)30(45(28)62-51)23-82-15-13-54-38(70)8-6-5-7-14-63-41(73)11-12-42(63)74)17-31(46(75)55-20-40(72)60-43)58-50(79)44(26(3)36(68)22-65)61-48(77)34-16-27(66)21-64(34)52(80)32(18-37(53)69)59-47(33)76/h9-12,25-27,31-34,36,43-44,62,65-68H,4-8,13-24H2,1-3H3,(H2,53,69)(H,54,70)(H,55,75)(H,56,78)(H,57,71)(H,58,79)(H,59,76)(H,60,72)(H,61,77)/t25-,26-,27+,31-,32-,33-,34?,36-,43-,44-,83?/m0/s1. The molecule has 2 unspecified atom stereocenters. The minimum absolute atomic E-state index is 0.0234. The predicted octanol–water partition coefficient (Wildman–Crippen LogP) is -5.09. The predicted molar refractivity (Wildman–Crippen MR) is 296 cm³/mol. The molecule has 1 saturated heterocycles. The zero-order chi connectivity index (χ0) is 60.8. The fourth-order valence-corrected chi connectivity index (χ4v) is 12.2. The van der Waals surface area contributed by atoms with E-state index in [1.165, 1.54) is 43.0 Å². The molecule has 2 aromatic rings. The molecule has 1 aromatic carbocycles. The molecule has 0 aliphatic carbocycles. The number of unbranched alkanes of at least 4 members (excludes halogenated alkanes) is 2. The second-order valence-corrected chi connectivity index (χ2v) is 23.3. The van der Waals surface area contributed by atoms with Gasteiger partial charge in [-0.15, -0.1) is 0 Å². The van der Waals surface area contributed by atoms with Crippen LogP contribution in [-0.2, 0) is 80.9 Å². The van der Waals surface area contributed by atoms with E-state index in [4.69, 9.17) is 5.73 Å². The molecular formula is C52H72N12O17S2. The van der Waals surface area contributed by atoms with Crippen LogP contribution in [0.1, 0.15) is 76.8 Å². The number of aliphatic hydroxyl groups is 3. The van der Waals surface area contributed by atoms with Crippen molar-refractivity contribution in [2.24, 2.45) is 17.6 Å². The van der Waals surface area contributed by atoms with Crippen molar-refractivity contribution in [3.63, 3.8) is 0 Å². The summed E-state index contributed by atoms with van der Waals surface area (Å²) in [6.45, 7) is 1.98. The number of primary amides is 1. The molecule has 454 valence electrons. The quantitative estimate of drug-likeness (QED) is 0.0377. The third-order valence-electron chi connectivity index (χ3n) is 14.8. The van der Waals surface area contributed by atoms with Gasteiger partial charge in [-0.1, -0.05) is 33.6 Å². The van der Waals surface area contributed by atoms with Gasteiger partial charge in [0.1, 0.15) is 41.7 Å². The van der Waals surface area contributed by atoms with Gasteiger partial charge >= 0.3 is 0 Å². The lowest BCUT2D eigenvalue weighted by molar-refractivity contribution is -0.144. The molecule has 1 aromatic heterocycles. The fraction of sp³-hybridized carbons (Fsp3) is 0.577. The van der Waals surface area contributed by atoms with E-state index in [9.17, 15) is 78.0 Å². The number of amides is 12. The van der Waals surface area contributed by atoms with Crippen LogP contribution in [0.25, 0.3) is 10.9 Å². The van der Waals surface area contributed by atoms with Crippen molar-refractivity contribution in [1.29, 1.82) is 0 Å². The van der Waals surface area contributed by atoms with Gasteiger partial charge in [0, 0.05) is 96.2 Å². The molecule has 0 spiro atoms. The molecule has 2 bridgehead atoms. The molecule has 31 heteroatoms. The number of phenols is 1. The SMILES string of the molecule is CC[C@H](C)[C@@H]1NC(=O)CNC(=O)[C@@H]2Cc3c([nH]c4c(CSCCNC(=O)CCCCCN5C(=O)C=CC5=O)c(O)ccc34)[S+]([O-])C[C@H](NC(=O)CNC1=O)C(=O)N[C@@H](CC(N)=O)C(=O)N1C[C@H](O)CC1C(=O)N[C@@H]([C@@H](C)[C@@H](O)CO)C(=O)N2. The highest BCUT2D eigenvalue weighted by molar-refractivity contribution is 7.98. The highest BCUT2D eigenvalue weighted by Crippen LogP contribution is 2.36. The van der Waals surface area contributed by atoms with Gasteiger partial charge < -0.3 is 83.1 Å². The summed E-state index contributed by atoms with van der Waals surface area (Å²) < 4.78 is 15.2. The Morgan fingerprint density at radius 1 is 0.855 bits per heavy atom. The van der Waals surface area contributed by atoms with E-state index >= 15 is 4.55 Å². The van der Waals surface area contributed by atoms with Crippen LogP contribution in [0, 0.1) is 11.8 Å². The molecule has 4 aliphatic heterocycles. The number of aromatic hydroxyl groups is 1. The lowest BCUT2D eigenvalue weighted by atomic mass is 9.93. The van der Waals surface area contributed by atoms with Crippen LogP contribution >= 0.6 is 11.8 Å². The van der Waals surface area contributed by atoms with Crippen LogP contribution in [-0.4, -0.2) is 210 Å². The molecule has 83 heavy (non-hydrogen) atoms. The molecule has 4 aliphatic rings. The number of rotatable bonds is 18. The maximum atomic E-state index is 15.2. The van der Waals surface area contributed by atoms with Crippen molar-refractivity contribution in [3.8, 4) is 5.75 Å². The van der Waals surface area contributed by atoms with Gasteiger partial charge in [-0.05, 0) is 30.9 Å². The number of aromatic nitrogens is 1. The number of imide groups is 1. The molecular weight excluding hydrogens is 1130 g/mol. The normalized spacial score (nSPS) is 25.5. The highest BCUT2D eigenvalue weighted by Gasteiger charge is 2.45. The first-order valence-corrected chi connectivity index (χ1v) is 29.6. The summed E-state index contributed by atoms with van der Waals surface area (Å²) in [5.41, 5.74) is 5.96. The topological polar surface area (TPSA) is 453 Å². The number of H-pyrrole nitrogens is 1. The number of benzene rings is 1. The summed E-state index contributed by atoms with van der Waals surface area (Å²) in [5.74, 6) is -13.2. The Kier molecular flexibility index (Phi) is 23.3. The third kappa shape index (κ3) is 16.9. The van der Waals surface area contributed by atoms with Crippen LogP contribution in [0.4, 0.5) is 0 Å². The van der Waals surface area contributed by atoms with Gasteiger partial charge in [0.15, 0.2) is 6.04 Å². The summed E-state index contributed by atoms with van der Waals surface area (Å²) in [6, 6.07) is -7.60. The maximum absolute atomic E-state index is 15.2. The van der Waals surface area contributed by atoms with Crippen LogP contribution in [0.15, 0.2) is 29.3 Å². The number of nitrogens with one attached hydrogen (secondary N) is 9. The summed E-state index contributed by atoms with van der Waals surface area (Å²) in [7, 11) is 0. The summed E-state index contributed by atoms with van der Waals surface area (Å²) in [5, 5.41) is 63.2. The third-order valence-corrected chi connectivity index (χ3v) is 17.2. The zero-order valence-corrected chi connectivity index (χ0v) is 47.6. The van der Waals surface area contributed by atoms with E-state index in [0.717, 1.165) is 9.80 Å². The number of aliphatic hydroxyl groups excluding tert-OH is 3. The van der Waals surface area contributed by atoms with E-state index < -0.39 is 176 Å². The number of hydrogen-bond acceptors (Lipinski definition) is 18. The van der Waals surface area contributed by atoms with Crippen molar-refractivity contribution >= 4 is 105 Å². The number of nitrogens with two attached hydrogens (primary N) is 1. The first kappa shape index (κ1) is 64.8. The van der Waals surface area contributed by atoms with E-state index in [0.29, 0.717) is 31.4 Å². The van der Waals surface area contributed by atoms with Gasteiger partial charge in [0.2, 0.25) is 64.1 Å². The van der Waals surface area contributed by atoms with Crippen molar-refractivity contribution in [2.75, 3.05) is 50.8 Å². The molecule has 15 N–H and O–H groups in total. The smallest absolute Gasteiger partial charge is 0.253 e. The number of thioether (sulfide) groups is 1. The van der Waals surface area contributed by atoms with Crippen LogP contribution in [0.3, 0.4) is 0 Å². The molecule has 0 saturated carbocycles. The Morgan fingerprint density at radius 2 is 1.54 bits per heavy atom. The van der Waals surface area contributed by atoms with E-state index in [2.05, 4.69) is 47.5 Å². The minimum Gasteiger partial charge on any atom is -0.610 e. The van der Waals surface area contributed by atoms with Gasteiger partial charge in [-0.3, -0.25) is 62.4 Å². The Bertz CT molecular complexity index is 2830. The minimum atomic E-state index is -2.50. The molecule has 0 radical (unpaired) electrons. The number of phenolic OH excluding ortho intramolecular Hbond substituents is 1. The summed E-state index contributed by atoms with van der Waals surface area (Å²) in [6.07, 6.45) is -0.517. The van der Waals surface area contributed by atoms with Crippen molar-refractivity contribution in [3.05, 3.63) is 35.4 Å². The number of aromatic amines is 1. The molecule has 12 amide bonds. The van der Waals surface area contributed by atoms with Crippen molar-refractivity contribution in [1.82, 2.24) is 57.3 Å². The number of carbonyl (C=O) groups excluding carboxylic acids is 12. The molecule has 5 heterocycles. The largest absolute Gasteiger partial charge is 0.610 e. The Balaban J connectivity index is 1.41. The van der Waals surface area contributed by atoms with E-state index in [1.807, 2.05) is 0 Å². The van der Waals surface area contributed by atoms with E-state index in [-0.39, 0.29) is 75.8 Å². The first-order chi connectivity index (χ1) is 39.4. The van der Waals surface area contributed by atoms with Crippen molar-refractivity contribution in [2.45, 2.75) is 131 Å². The number of fused-ring (bicyclic) bond motifs is 5. The van der Waals surface area contributed by atoms with Crippen molar-refractivity contribution < 1.29 is 82.5 Å². The fourth-order valence-electron chi connectivity index (χ4n) is 9.88. The molecule has 6 rings (SSSR count). The molecule has 1 fully saturated rings. The second-order valence-electron chi connectivity index (χ2n) is 20.8. The summed E-state index contributed by atoms with van der Waals surface area (Å²) in [4.78, 5) is 168. The van der Waals surface area contributed by atoms with Crippen LogP contribution < -0.4 is 48.3 Å². The molecule has 11 atom stereocenters. The molecule has 29 nitrogen and oxygen atoms in total. The number of carbonyl (C=O) groups is 12. The average molecular weight is 1200 g/mol. The van der Waals surface area contributed by atoms with Gasteiger partial charge in [0.25, 0.3) is 11.8 Å². The second kappa shape index (κ2) is 29.8. The van der Waals surface area contributed by atoms with Crippen LogP contribution in [0.5, 0.6) is 5.75 Å². The zero-order valence-electron chi connectivity index (χ0n) is 46.0.